The number of anilines is 1. The number of nitrogens with zero attached hydrogens (tertiary/aromatic N) is 2. The van der Waals surface area contributed by atoms with Gasteiger partial charge in [0.1, 0.15) is 16.7 Å². The van der Waals surface area contributed by atoms with Gasteiger partial charge in [-0.05, 0) is 42.0 Å². The number of alkyl halides is 3. The van der Waals surface area contributed by atoms with Crippen LogP contribution in [0.25, 0.3) is 0 Å². The second-order valence-electron chi connectivity index (χ2n) is 7.93. The second kappa shape index (κ2) is 11.6. The highest BCUT2D eigenvalue weighted by Crippen LogP contribution is 2.32. The number of benzene rings is 3. The third-order valence-corrected chi connectivity index (χ3v) is 6.51. The Morgan fingerprint density at radius 3 is 2.51 bits per heavy atom. The van der Waals surface area contributed by atoms with E-state index in [-0.39, 0.29) is 30.5 Å². The molecule has 1 unspecified atom stereocenters. The lowest BCUT2D eigenvalue weighted by molar-refractivity contribution is -0.129. The lowest BCUT2D eigenvalue weighted by Crippen LogP contribution is -2.44. The fourth-order valence-corrected chi connectivity index (χ4v) is 4.71. The molecule has 3 aromatic carbocycles. The number of rotatable bonds is 8. The van der Waals surface area contributed by atoms with E-state index in [0.29, 0.717) is 22.3 Å². The maximum atomic E-state index is 13.2. The Kier molecular flexibility index (Phi) is 8.30. The van der Waals surface area contributed by atoms with Crippen LogP contribution in [0.15, 0.2) is 83.9 Å². The van der Waals surface area contributed by atoms with Gasteiger partial charge in [0.2, 0.25) is 11.8 Å². The van der Waals surface area contributed by atoms with Gasteiger partial charge in [0.15, 0.2) is 5.17 Å². The van der Waals surface area contributed by atoms with Crippen molar-refractivity contribution in [1.82, 2.24) is 4.90 Å². The summed E-state index contributed by atoms with van der Waals surface area (Å²) in [5.41, 5.74) is -2.03. The molecule has 0 bridgehead atoms. The molecule has 0 aliphatic carbocycles. The normalized spacial score (nSPS) is 17.0. The first-order chi connectivity index (χ1) is 17.7. The molecule has 1 heterocycles. The number of hydrogen-bond donors (Lipinski definition) is 1. The van der Waals surface area contributed by atoms with Crippen LogP contribution >= 0.6 is 23.4 Å². The molecule has 192 valence electrons. The molecular formula is C26H22ClF2N3O4S. The number of methoxy groups -OCH3 is 1. The van der Waals surface area contributed by atoms with E-state index in [1.165, 1.54) is 36.3 Å². The molecule has 0 radical (unpaired) electrons. The van der Waals surface area contributed by atoms with E-state index in [2.05, 4.69) is 15.0 Å². The van der Waals surface area contributed by atoms with Crippen LogP contribution in [-0.2, 0) is 16.1 Å². The van der Waals surface area contributed by atoms with Crippen LogP contribution in [0.3, 0.4) is 0 Å². The fraction of sp³-hybridized carbons (Fsp3) is 0.192. The largest absolute Gasteiger partial charge is 0.497 e. The predicted octanol–water partition coefficient (Wildman–Crippen LogP) is 6.02. The van der Waals surface area contributed by atoms with Crippen molar-refractivity contribution in [2.24, 2.45) is 4.99 Å². The van der Waals surface area contributed by atoms with Crippen molar-refractivity contribution >= 4 is 51.7 Å². The molecule has 7 nitrogen and oxygen atoms in total. The van der Waals surface area contributed by atoms with E-state index in [1.54, 1.807) is 24.3 Å². The van der Waals surface area contributed by atoms with Crippen LogP contribution in [0.5, 0.6) is 11.5 Å². The first-order valence-electron chi connectivity index (χ1n) is 11.1. The Bertz CT molecular complexity index is 1290. The highest BCUT2D eigenvalue weighted by atomic mass is 35.5. The molecule has 11 heteroatoms. The third-order valence-electron chi connectivity index (χ3n) is 5.25. The van der Waals surface area contributed by atoms with Gasteiger partial charge in [-0.1, -0.05) is 48.2 Å². The Hall–Kier alpha value is -3.63. The molecule has 4 rings (SSSR count). The van der Waals surface area contributed by atoms with Crippen LogP contribution in [0.2, 0.25) is 0 Å². The smallest absolute Gasteiger partial charge is 0.487 e. The van der Waals surface area contributed by atoms with E-state index < -0.39 is 10.8 Å². The van der Waals surface area contributed by atoms with Crippen molar-refractivity contribution in [1.29, 1.82) is 0 Å². The minimum atomic E-state index is -3.84. The molecule has 37 heavy (non-hydrogen) atoms. The maximum absolute atomic E-state index is 13.2. The zero-order chi connectivity index (χ0) is 26.4. The predicted molar refractivity (Wildman–Crippen MR) is 140 cm³/mol. The summed E-state index contributed by atoms with van der Waals surface area (Å²) in [4.78, 5) is 32.3. The van der Waals surface area contributed by atoms with Crippen LogP contribution in [0, 0.1) is 0 Å². The summed E-state index contributed by atoms with van der Waals surface area (Å²) in [7, 11) is 1.53. The van der Waals surface area contributed by atoms with Crippen molar-refractivity contribution in [2.75, 3.05) is 12.4 Å². The summed E-state index contributed by atoms with van der Waals surface area (Å²) >= 11 is 5.97. The minimum absolute atomic E-state index is 0.0239. The zero-order valence-corrected chi connectivity index (χ0v) is 21.1. The number of carbonyl (C=O) groups excluding carboxylic acids is 2. The van der Waals surface area contributed by atoms with Crippen molar-refractivity contribution < 1.29 is 27.8 Å². The molecule has 1 atom stereocenters. The number of thioether (sulfide) groups is 1. The number of nitrogens with one attached hydrogen (secondary N) is 1. The molecule has 0 aromatic heterocycles. The van der Waals surface area contributed by atoms with Gasteiger partial charge < -0.3 is 14.8 Å². The molecule has 3 aromatic rings. The lowest BCUT2D eigenvalue weighted by atomic mass is 10.2. The average molecular weight is 546 g/mol. The molecule has 0 saturated carbocycles. The van der Waals surface area contributed by atoms with Crippen LogP contribution < -0.4 is 14.8 Å². The summed E-state index contributed by atoms with van der Waals surface area (Å²) in [6, 6.07) is 21.8. The van der Waals surface area contributed by atoms with Crippen LogP contribution in [0.4, 0.5) is 20.2 Å². The van der Waals surface area contributed by atoms with Gasteiger partial charge in [0.05, 0.1) is 19.3 Å². The van der Waals surface area contributed by atoms with Crippen molar-refractivity contribution in [3.63, 3.8) is 0 Å². The quantitative estimate of drug-likeness (QED) is 0.350. The minimum Gasteiger partial charge on any atom is -0.497 e. The number of carbonyl (C=O) groups is 2. The monoisotopic (exact) mass is 545 g/mol. The summed E-state index contributed by atoms with van der Waals surface area (Å²) in [6.07, 6.45) is -0.0239. The number of amides is 2. The molecule has 1 aliphatic heterocycles. The molecule has 0 spiro atoms. The first kappa shape index (κ1) is 26.4. The number of amidine groups is 1. The van der Waals surface area contributed by atoms with Gasteiger partial charge in [-0.3, -0.25) is 14.5 Å². The maximum Gasteiger partial charge on any atom is 0.487 e. The summed E-state index contributed by atoms with van der Waals surface area (Å²) in [5, 5.41) is 2.39. The lowest BCUT2D eigenvalue weighted by Gasteiger charge is -2.32. The van der Waals surface area contributed by atoms with E-state index >= 15 is 0 Å². The van der Waals surface area contributed by atoms with E-state index in [4.69, 9.17) is 16.3 Å². The zero-order valence-electron chi connectivity index (χ0n) is 19.6. The summed E-state index contributed by atoms with van der Waals surface area (Å²) in [6.45, 7) is 0.259. The summed E-state index contributed by atoms with van der Waals surface area (Å²) in [5.74, 6) is -0.186. The number of halogens is 3. The van der Waals surface area contributed by atoms with Crippen molar-refractivity contribution in [3.8, 4) is 11.5 Å². The summed E-state index contributed by atoms with van der Waals surface area (Å²) < 4.78 is 35.4. The van der Waals surface area contributed by atoms with Gasteiger partial charge in [-0.25, -0.2) is 4.99 Å². The molecule has 1 aliphatic rings. The molecule has 2 amide bonds. The Labute approximate surface area is 221 Å². The van der Waals surface area contributed by atoms with Crippen LogP contribution in [-0.4, -0.2) is 39.8 Å². The van der Waals surface area contributed by atoms with Gasteiger partial charge in [-0.2, -0.15) is 0 Å². The van der Waals surface area contributed by atoms with Crippen molar-refractivity contribution in [3.05, 3.63) is 84.4 Å². The van der Waals surface area contributed by atoms with Crippen LogP contribution in [0.1, 0.15) is 12.0 Å². The van der Waals surface area contributed by atoms with Gasteiger partial charge in [0.25, 0.3) is 0 Å². The highest BCUT2D eigenvalue weighted by molar-refractivity contribution is 8.15. The Morgan fingerprint density at radius 2 is 1.84 bits per heavy atom. The average Bonchev–Trinajstić information content (AvgIpc) is 2.87. The Morgan fingerprint density at radius 1 is 1.11 bits per heavy atom. The van der Waals surface area contributed by atoms with E-state index in [9.17, 15) is 18.4 Å². The topological polar surface area (TPSA) is 80.2 Å². The van der Waals surface area contributed by atoms with Gasteiger partial charge in [0, 0.05) is 29.8 Å². The van der Waals surface area contributed by atoms with Gasteiger partial charge >= 0.3 is 5.57 Å². The number of aliphatic imine (C=N–C) groups is 1. The second-order valence-corrected chi connectivity index (χ2v) is 9.54. The number of ether oxygens (including phenoxy) is 2. The molecular weight excluding hydrogens is 524 g/mol. The SMILES string of the molecule is COc1cccc(NC(=O)C2CC(=O)N(Cc3ccccc3)C(=Nc3ccc(OC(F)(F)Cl)cc3)S2)c1. The van der Waals surface area contributed by atoms with Gasteiger partial charge in [-0.15, -0.1) is 8.78 Å². The third kappa shape index (κ3) is 7.43. The number of hydrogen-bond acceptors (Lipinski definition) is 6. The molecule has 1 N–H and O–H groups in total. The van der Waals surface area contributed by atoms with E-state index in [1.807, 2.05) is 30.3 Å². The Balaban J connectivity index is 1.58. The van der Waals surface area contributed by atoms with E-state index in [0.717, 1.165) is 17.3 Å². The highest BCUT2D eigenvalue weighted by Gasteiger charge is 2.36. The fourth-order valence-electron chi connectivity index (χ4n) is 3.52. The first-order valence-corrected chi connectivity index (χ1v) is 12.4. The standard InChI is InChI=1S/C26H22ClF2N3O4S/c1-35-21-9-5-8-19(14-21)30-24(34)22-15-23(33)32(16-17-6-3-2-4-7-17)25(37-22)31-18-10-12-20(13-11-18)36-26(27,28)29/h2-14,22H,15-16H2,1H3,(H,30,34). The van der Waals surface area contributed by atoms with Crippen molar-refractivity contribution in [2.45, 2.75) is 23.8 Å². The molecule has 1 fully saturated rings. The molecule has 1 saturated heterocycles.